The Balaban J connectivity index is 1.97. The molecule has 0 bridgehead atoms. The summed E-state index contributed by atoms with van der Waals surface area (Å²) in [5.41, 5.74) is 1.71. The first-order valence-corrected chi connectivity index (χ1v) is 9.78. The lowest BCUT2D eigenvalue weighted by Crippen LogP contribution is -2.45. The van der Waals surface area contributed by atoms with E-state index >= 15 is 0 Å². The molecular weight excluding hydrogens is 381 g/mol. The third-order valence-electron chi connectivity index (χ3n) is 4.38. The van der Waals surface area contributed by atoms with Crippen LogP contribution in [0.3, 0.4) is 0 Å². The number of rotatable bonds is 7. The average molecular weight is 403 g/mol. The van der Waals surface area contributed by atoms with Gasteiger partial charge in [0.2, 0.25) is 6.41 Å². The largest absolute Gasteiger partial charge is 0.367 e. The van der Waals surface area contributed by atoms with Gasteiger partial charge in [0.15, 0.2) is 5.83 Å². The van der Waals surface area contributed by atoms with Crippen molar-refractivity contribution >= 4 is 46.7 Å². The van der Waals surface area contributed by atoms with Crippen molar-refractivity contribution in [1.29, 1.82) is 0 Å². The number of hydrogen-bond donors (Lipinski definition) is 2. The second-order valence-corrected chi connectivity index (χ2v) is 7.26. The van der Waals surface area contributed by atoms with Crippen LogP contribution >= 0.6 is 11.9 Å². The fourth-order valence-corrected chi connectivity index (χ4v) is 3.64. The molecular formula is C19H22FN5O2S. The fourth-order valence-electron chi connectivity index (χ4n) is 2.99. The third-order valence-corrected chi connectivity index (χ3v) is 5.29. The number of piperazine rings is 1. The minimum Gasteiger partial charge on any atom is -0.367 e. The van der Waals surface area contributed by atoms with E-state index in [-0.39, 0.29) is 5.82 Å². The highest BCUT2D eigenvalue weighted by atomic mass is 32.2. The molecule has 1 aliphatic rings. The lowest BCUT2D eigenvalue weighted by Gasteiger charge is -2.35. The molecule has 28 heavy (non-hydrogen) atoms. The monoisotopic (exact) mass is 403 g/mol. The van der Waals surface area contributed by atoms with Crippen molar-refractivity contribution in [2.45, 2.75) is 11.8 Å². The molecule has 1 fully saturated rings. The minimum atomic E-state index is -1.06. The van der Waals surface area contributed by atoms with Crippen LogP contribution in [-0.4, -0.2) is 54.9 Å². The van der Waals surface area contributed by atoms with Crippen molar-refractivity contribution < 1.29 is 14.0 Å². The van der Waals surface area contributed by atoms with Gasteiger partial charge in [0.05, 0.1) is 5.52 Å². The van der Waals surface area contributed by atoms with Crippen LogP contribution in [-0.2, 0) is 9.59 Å². The first kappa shape index (κ1) is 20.1. The molecule has 1 saturated heterocycles. The lowest BCUT2D eigenvalue weighted by molar-refractivity contribution is -0.118. The van der Waals surface area contributed by atoms with Crippen LogP contribution in [0, 0.1) is 0 Å². The number of halogens is 1. The molecule has 2 amide bonds. The predicted octanol–water partition coefficient (Wildman–Crippen LogP) is 2.55. The Kier molecular flexibility index (Phi) is 6.48. The van der Waals surface area contributed by atoms with Crippen LogP contribution in [0.25, 0.3) is 10.9 Å². The topological polar surface area (TPSA) is 77.6 Å². The van der Waals surface area contributed by atoms with Crippen LogP contribution in [0.1, 0.15) is 6.92 Å². The van der Waals surface area contributed by atoms with Gasteiger partial charge < -0.3 is 15.1 Å². The number of nitrogens with zero attached hydrogens (tertiary/aromatic N) is 3. The van der Waals surface area contributed by atoms with E-state index in [1.807, 2.05) is 19.1 Å². The number of hydrogen-bond acceptors (Lipinski definition) is 6. The highest BCUT2D eigenvalue weighted by Gasteiger charge is 2.19. The Morgan fingerprint density at radius 3 is 2.71 bits per heavy atom. The summed E-state index contributed by atoms with van der Waals surface area (Å²) in [6.45, 7) is 8.59. The van der Waals surface area contributed by atoms with E-state index in [9.17, 15) is 14.0 Å². The number of fused-ring (bicyclic) bond motifs is 1. The molecule has 3 rings (SSSR count). The number of carbonyl (C=O) groups is 2. The van der Waals surface area contributed by atoms with Crippen molar-refractivity contribution in [3.8, 4) is 0 Å². The van der Waals surface area contributed by atoms with Crippen molar-refractivity contribution in [2.75, 3.05) is 42.9 Å². The Hall–Kier alpha value is -2.65. The van der Waals surface area contributed by atoms with E-state index in [0.29, 0.717) is 18.6 Å². The number of nitrogens with one attached hydrogen (secondary N) is 2. The first-order valence-electron chi connectivity index (χ1n) is 8.96. The number of pyridine rings is 1. The maximum absolute atomic E-state index is 13.0. The highest BCUT2D eigenvalue weighted by Crippen LogP contribution is 2.32. The summed E-state index contributed by atoms with van der Waals surface area (Å²) in [4.78, 5) is 32.0. The van der Waals surface area contributed by atoms with Crippen LogP contribution < -0.4 is 14.9 Å². The molecule has 0 spiro atoms. The summed E-state index contributed by atoms with van der Waals surface area (Å²) >= 11 is 1.50. The van der Waals surface area contributed by atoms with E-state index in [1.165, 1.54) is 11.9 Å². The Morgan fingerprint density at radius 2 is 2.07 bits per heavy atom. The van der Waals surface area contributed by atoms with Crippen LogP contribution in [0.2, 0.25) is 0 Å². The smallest absolute Gasteiger partial charge is 0.284 e. The van der Waals surface area contributed by atoms with E-state index in [1.54, 1.807) is 11.0 Å². The van der Waals surface area contributed by atoms with Crippen molar-refractivity contribution in [3.63, 3.8) is 0 Å². The quantitative estimate of drug-likeness (QED) is 0.420. The van der Waals surface area contributed by atoms with Gasteiger partial charge in [0, 0.05) is 48.7 Å². The Bertz CT molecular complexity index is 899. The zero-order valence-corrected chi connectivity index (χ0v) is 16.4. The fraction of sp³-hybridized carbons (Fsp3) is 0.316. The molecule has 0 saturated carbocycles. The Morgan fingerprint density at radius 1 is 1.32 bits per heavy atom. The summed E-state index contributed by atoms with van der Waals surface area (Å²) in [5, 5.41) is 3.33. The van der Waals surface area contributed by atoms with Gasteiger partial charge in [-0.2, -0.15) is 0 Å². The van der Waals surface area contributed by atoms with Crippen LogP contribution in [0.5, 0.6) is 0 Å². The SMILES string of the molecule is C=C(F)C(=O)Nc1ccc2c(N3CCN(C=O)CC3)cc(SNCC)cc2n1. The summed E-state index contributed by atoms with van der Waals surface area (Å²) < 4.78 is 16.2. The molecule has 2 aromatic rings. The number of carbonyl (C=O) groups excluding carboxylic acids is 2. The number of aromatic nitrogens is 1. The van der Waals surface area contributed by atoms with Gasteiger partial charge in [-0.3, -0.25) is 14.3 Å². The van der Waals surface area contributed by atoms with Crippen molar-refractivity contribution in [1.82, 2.24) is 14.6 Å². The van der Waals surface area contributed by atoms with Gasteiger partial charge >= 0.3 is 0 Å². The van der Waals surface area contributed by atoms with Crippen molar-refractivity contribution in [3.05, 3.63) is 36.7 Å². The van der Waals surface area contributed by atoms with E-state index in [4.69, 9.17) is 0 Å². The molecule has 0 atom stereocenters. The average Bonchev–Trinajstić information content (AvgIpc) is 2.71. The molecule has 1 aromatic heterocycles. The van der Waals surface area contributed by atoms with Gasteiger partial charge in [-0.25, -0.2) is 9.37 Å². The zero-order valence-electron chi connectivity index (χ0n) is 15.6. The summed E-state index contributed by atoms with van der Waals surface area (Å²) in [6, 6.07) is 7.52. The van der Waals surface area contributed by atoms with Crippen LogP contribution in [0.15, 0.2) is 41.6 Å². The molecule has 1 aliphatic heterocycles. The Labute approximate surface area is 167 Å². The molecule has 148 valence electrons. The predicted molar refractivity (Wildman–Crippen MR) is 110 cm³/mol. The van der Waals surface area contributed by atoms with Crippen molar-refractivity contribution in [2.24, 2.45) is 0 Å². The number of benzene rings is 1. The van der Waals surface area contributed by atoms with E-state index in [2.05, 4.69) is 32.6 Å². The maximum Gasteiger partial charge on any atom is 0.284 e. The van der Waals surface area contributed by atoms with Gasteiger partial charge in [-0.05, 0) is 36.2 Å². The summed E-state index contributed by atoms with van der Waals surface area (Å²) in [7, 11) is 0. The zero-order chi connectivity index (χ0) is 20.1. The first-order chi connectivity index (χ1) is 13.5. The molecule has 7 nitrogen and oxygen atoms in total. The van der Waals surface area contributed by atoms with Gasteiger partial charge in [-0.1, -0.05) is 13.5 Å². The van der Waals surface area contributed by atoms with E-state index < -0.39 is 11.7 Å². The molecule has 2 heterocycles. The summed E-state index contributed by atoms with van der Waals surface area (Å²) in [6.07, 6.45) is 0.877. The van der Waals surface area contributed by atoms with Gasteiger partial charge in [0.25, 0.3) is 5.91 Å². The standard InChI is InChI=1S/C19H22FN5O2S/c1-3-21-28-14-10-16-15(4-5-18(22-16)23-19(27)13(2)20)17(11-14)25-8-6-24(12-26)7-9-25/h4-5,10-12,21H,2-3,6-9H2,1H3,(H,22,23,27). The maximum atomic E-state index is 13.0. The van der Waals surface area contributed by atoms with Gasteiger partial charge in [-0.15, -0.1) is 0 Å². The lowest BCUT2D eigenvalue weighted by atomic mass is 10.1. The van der Waals surface area contributed by atoms with Gasteiger partial charge in [0.1, 0.15) is 5.82 Å². The highest BCUT2D eigenvalue weighted by molar-refractivity contribution is 7.97. The number of anilines is 2. The van der Waals surface area contributed by atoms with E-state index in [0.717, 1.165) is 42.0 Å². The number of amides is 2. The molecule has 0 unspecified atom stereocenters. The summed E-state index contributed by atoms with van der Waals surface area (Å²) in [5.74, 6) is -1.71. The normalized spacial score (nSPS) is 14.2. The second kappa shape index (κ2) is 9.03. The molecule has 2 N–H and O–H groups in total. The molecule has 1 aromatic carbocycles. The molecule has 0 aliphatic carbocycles. The molecule has 0 radical (unpaired) electrons. The third kappa shape index (κ3) is 4.60. The molecule has 9 heteroatoms. The van der Waals surface area contributed by atoms with Crippen LogP contribution in [0.4, 0.5) is 15.9 Å². The minimum absolute atomic E-state index is 0.263. The second-order valence-electron chi connectivity index (χ2n) is 6.29.